The van der Waals surface area contributed by atoms with Crippen LogP contribution in [0.15, 0.2) is 48.5 Å². The Bertz CT molecular complexity index is 694. The number of para-hydroxylation sites is 1. The third-order valence-electron chi connectivity index (χ3n) is 4.06. The van der Waals surface area contributed by atoms with E-state index in [2.05, 4.69) is 0 Å². The number of benzene rings is 2. The van der Waals surface area contributed by atoms with Gasteiger partial charge in [-0.1, -0.05) is 43.6 Å². The zero-order chi connectivity index (χ0) is 15.2. The molecule has 3 nitrogen and oxygen atoms in total. The van der Waals surface area contributed by atoms with Crippen LogP contribution in [0.2, 0.25) is 5.02 Å². The number of carbonyl (C=O) groups is 1. The summed E-state index contributed by atoms with van der Waals surface area (Å²) in [7, 11) is 0. The van der Waals surface area contributed by atoms with E-state index in [0.29, 0.717) is 10.6 Å². The standard InChI is InChI=1S/C17H16ClNO2/c1-17(2)13-5-3-4-6-14(13)19(16(17)21)15(20)11-7-9-12(18)10-8-11/h3-10,16,21H,1-2H3/t16-/m1/s1. The molecule has 0 radical (unpaired) electrons. The van der Waals surface area contributed by atoms with Gasteiger partial charge >= 0.3 is 0 Å². The van der Waals surface area contributed by atoms with Crippen molar-refractivity contribution < 1.29 is 9.90 Å². The van der Waals surface area contributed by atoms with Crippen molar-refractivity contribution in [3.8, 4) is 0 Å². The normalized spacial score (nSPS) is 19.4. The average Bonchev–Trinajstić information content (AvgIpc) is 2.67. The molecule has 2 aromatic rings. The highest BCUT2D eigenvalue weighted by molar-refractivity contribution is 6.30. The first kappa shape index (κ1) is 14.1. The van der Waals surface area contributed by atoms with Gasteiger partial charge < -0.3 is 5.11 Å². The Hall–Kier alpha value is -1.84. The van der Waals surface area contributed by atoms with E-state index in [0.717, 1.165) is 11.3 Å². The Balaban J connectivity index is 2.06. The minimum atomic E-state index is -0.891. The van der Waals surface area contributed by atoms with Crippen molar-refractivity contribution in [2.45, 2.75) is 25.5 Å². The fraction of sp³-hybridized carbons (Fsp3) is 0.235. The average molecular weight is 302 g/mol. The Kier molecular flexibility index (Phi) is 3.27. The quantitative estimate of drug-likeness (QED) is 0.874. The number of fused-ring (bicyclic) bond motifs is 1. The lowest BCUT2D eigenvalue weighted by Crippen LogP contribution is -2.44. The zero-order valence-electron chi connectivity index (χ0n) is 11.9. The Labute approximate surface area is 128 Å². The van der Waals surface area contributed by atoms with Crippen molar-refractivity contribution in [2.24, 2.45) is 0 Å². The van der Waals surface area contributed by atoms with Crippen molar-refractivity contribution >= 4 is 23.2 Å². The van der Waals surface area contributed by atoms with E-state index in [1.54, 1.807) is 24.3 Å². The predicted octanol–water partition coefficient (Wildman–Crippen LogP) is 3.60. The van der Waals surface area contributed by atoms with Crippen LogP contribution in [0.3, 0.4) is 0 Å². The molecule has 1 amide bonds. The lowest BCUT2D eigenvalue weighted by Gasteiger charge is -2.28. The van der Waals surface area contributed by atoms with E-state index in [-0.39, 0.29) is 5.91 Å². The Morgan fingerprint density at radius 2 is 1.76 bits per heavy atom. The number of carbonyl (C=O) groups excluding carboxylic acids is 1. The molecule has 1 atom stereocenters. The molecule has 4 heteroatoms. The maximum atomic E-state index is 12.7. The largest absolute Gasteiger partial charge is 0.372 e. The molecule has 0 fully saturated rings. The first-order valence-electron chi connectivity index (χ1n) is 6.79. The van der Waals surface area contributed by atoms with Crippen LogP contribution in [-0.2, 0) is 5.41 Å². The van der Waals surface area contributed by atoms with Gasteiger partial charge in [-0.2, -0.15) is 0 Å². The number of aliphatic hydroxyl groups is 1. The third kappa shape index (κ3) is 2.13. The fourth-order valence-electron chi connectivity index (χ4n) is 2.77. The first-order valence-corrected chi connectivity index (χ1v) is 7.17. The molecule has 1 aliphatic heterocycles. The smallest absolute Gasteiger partial charge is 0.260 e. The number of aliphatic hydroxyl groups excluding tert-OH is 1. The monoisotopic (exact) mass is 301 g/mol. The predicted molar refractivity (Wildman–Crippen MR) is 83.7 cm³/mol. The van der Waals surface area contributed by atoms with Crippen LogP contribution in [-0.4, -0.2) is 17.2 Å². The van der Waals surface area contributed by atoms with Gasteiger partial charge in [0.1, 0.15) is 6.23 Å². The van der Waals surface area contributed by atoms with Gasteiger partial charge in [0, 0.05) is 16.0 Å². The van der Waals surface area contributed by atoms with Crippen molar-refractivity contribution in [3.63, 3.8) is 0 Å². The van der Waals surface area contributed by atoms with Gasteiger partial charge in [0.15, 0.2) is 0 Å². The van der Waals surface area contributed by atoms with Crippen molar-refractivity contribution in [3.05, 3.63) is 64.7 Å². The molecule has 0 aromatic heterocycles. The molecule has 0 unspecified atom stereocenters. The number of nitrogens with zero attached hydrogens (tertiary/aromatic N) is 1. The number of hydrogen-bond donors (Lipinski definition) is 1. The summed E-state index contributed by atoms with van der Waals surface area (Å²) in [6.07, 6.45) is -0.891. The van der Waals surface area contributed by atoms with Crippen LogP contribution in [0.1, 0.15) is 29.8 Å². The molecule has 0 bridgehead atoms. The molecule has 0 saturated carbocycles. The summed E-state index contributed by atoms with van der Waals surface area (Å²) in [5.74, 6) is -0.225. The van der Waals surface area contributed by atoms with Gasteiger partial charge in [0.2, 0.25) is 0 Å². The van der Waals surface area contributed by atoms with Crippen LogP contribution < -0.4 is 4.90 Å². The number of amides is 1. The molecule has 108 valence electrons. The second-order valence-corrected chi connectivity index (χ2v) is 6.23. The summed E-state index contributed by atoms with van der Waals surface area (Å²) >= 11 is 5.86. The molecule has 3 rings (SSSR count). The molecule has 0 saturated heterocycles. The van der Waals surface area contributed by atoms with Crippen molar-refractivity contribution in [2.75, 3.05) is 4.90 Å². The minimum Gasteiger partial charge on any atom is -0.372 e. The van der Waals surface area contributed by atoms with E-state index in [1.165, 1.54) is 4.90 Å². The summed E-state index contributed by atoms with van der Waals surface area (Å²) in [6.45, 7) is 3.87. The number of anilines is 1. The zero-order valence-corrected chi connectivity index (χ0v) is 12.6. The highest BCUT2D eigenvalue weighted by atomic mass is 35.5. The molecule has 21 heavy (non-hydrogen) atoms. The maximum Gasteiger partial charge on any atom is 0.260 e. The van der Waals surface area contributed by atoms with E-state index >= 15 is 0 Å². The summed E-state index contributed by atoms with van der Waals surface area (Å²) in [4.78, 5) is 14.2. The summed E-state index contributed by atoms with van der Waals surface area (Å²) in [5.41, 5.74) is 1.74. The summed E-state index contributed by atoms with van der Waals surface area (Å²) in [6, 6.07) is 14.3. The molecular formula is C17H16ClNO2. The molecular weight excluding hydrogens is 286 g/mol. The van der Waals surface area contributed by atoms with Gasteiger partial charge in [-0.25, -0.2) is 0 Å². The van der Waals surface area contributed by atoms with E-state index in [4.69, 9.17) is 11.6 Å². The van der Waals surface area contributed by atoms with Crippen LogP contribution in [0.5, 0.6) is 0 Å². The highest BCUT2D eigenvalue weighted by Crippen LogP contribution is 2.44. The summed E-state index contributed by atoms with van der Waals surface area (Å²) < 4.78 is 0. The molecule has 2 aromatic carbocycles. The van der Waals surface area contributed by atoms with Gasteiger partial charge in [-0.3, -0.25) is 9.69 Å². The van der Waals surface area contributed by atoms with Gasteiger partial charge in [0.05, 0.1) is 5.69 Å². The molecule has 1 N–H and O–H groups in total. The molecule has 1 aliphatic rings. The van der Waals surface area contributed by atoms with Gasteiger partial charge in [-0.15, -0.1) is 0 Å². The lowest BCUT2D eigenvalue weighted by atomic mass is 9.85. The van der Waals surface area contributed by atoms with E-state index in [9.17, 15) is 9.90 Å². The molecule has 1 heterocycles. The minimum absolute atomic E-state index is 0.225. The van der Waals surface area contributed by atoms with Crippen LogP contribution >= 0.6 is 11.6 Å². The first-order chi connectivity index (χ1) is 9.93. The molecule has 0 spiro atoms. The Morgan fingerprint density at radius 3 is 2.43 bits per heavy atom. The van der Waals surface area contributed by atoms with Crippen LogP contribution in [0, 0.1) is 0 Å². The Morgan fingerprint density at radius 1 is 1.14 bits per heavy atom. The summed E-state index contributed by atoms with van der Waals surface area (Å²) in [5, 5.41) is 11.2. The van der Waals surface area contributed by atoms with Gasteiger partial charge in [0.25, 0.3) is 5.91 Å². The second kappa shape index (κ2) is 4.86. The van der Waals surface area contributed by atoms with Gasteiger partial charge in [-0.05, 0) is 35.9 Å². The lowest BCUT2D eigenvalue weighted by molar-refractivity contribution is 0.0780. The SMILES string of the molecule is CC1(C)c2ccccc2N(C(=O)c2ccc(Cl)cc2)[C@@H]1O. The third-order valence-corrected chi connectivity index (χ3v) is 4.31. The number of halogens is 1. The molecule has 0 aliphatic carbocycles. The van der Waals surface area contributed by atoms with Crippen molar-refractivity contribution in [1.29, 1.82) is 0 Å². The topological polar surface area (TPSA) is 40.5 Å². The number of rotatable bonds is 1. The fourth-order valence-corrected chi connectivity index (χ4v) is 2.90. The van der Waals surface area contributed by atoms with Crippen LogP contribution in [0.25, 0.3) is 0 Å². The van der Waals surface area contributed by atoms with Crippen molar-refractivity contribution in [1.82, 2.24) is 0 Å². The van der Waals surface area contributed by atoms with E-state index < -0.39 is 11.6 Å². The number of hydrogen-bond acceptors (Lipinski definition) is 2. The van der Waals surface area contributed by atoms with E-state index in [1.807, 2.05) is 38.1 Å². The second-order valence-electron chi connectivity index (χ2n) is 5.79. The highest BCUT2D eigenvalue weighted by Gasteiger charge is 2.46. The maximum absolute atomic E-state index is 12.7. The van der Waals surface area contributed by atoms with Crippen LogP contribution in [0.4, 0.5) is 5.69 Å².